The second kappa shape index (κ2) is 12.3. The molecule has 226 valence electrons. The number of hydrogen-bond acceptors (Lipinski definition) is 9. The highest BCUT2D eigenvalue weighted by Gasteiger charge is 2.33. The molecule has 3 aromatic rings. The van der Waals surface area contributed by atoms with Gasteiger partial charge in [-0.1, -0.05) is 35.6 Å². The van der Waals surface area contributed by atoms with E-state index in [1.807, 2.05) is 49.2 Å². The van der Waals surface area contributed by atoms with Gasteiger partial charge in [0.1, 0.15) is 4.88 Å². The van der Waals surface area contributed by atoms with Crippen LogP contribution in [0.4, 0.5) is 15.6 Å². The second-order valence-corrected chi connectivity index (χ2v) is 12.6. The number of nitrogens with zero attached hydrogens (tertiary/aromatic N) is 3. The molecule has 0 unspecified atom stereocenters. The van der Waals surface area contributed by atoms with Crippen LogP contribution in [0.2, 0.25) is 0 Å². The number of benzene rings is 2. The maximum absolute atomic E-state index is 13.7. The Balaban J connectivity index is 1.26. The van der Waals surface area contributed by atoms with E-state index in [0.29, 0.717) is 34.4 Å². The van der Waals surface area contributed by atoms with Crippen molar-refractivity contribution in [2.75, 3.05) is 32.6 Å². The molecule has 2 N–H and O–H groups in total. The van der Waals surface area contributed by atoms with Crippen LogP contribution in [-0.4, -0.2) is 72.2 Å². The molecular formula is C32H37N5O5S. The number of carbonyl (C=O) groups is 3. The van der Waals surface area contributed by atoms with E-state index in [2.05, 4.69) is 27.5 Å². The van der Waals surface area contributed by atoms with E-state index in [0.717, 1.165) is 60.9 Å². The first-order chi connectivity index (χ1) is 20.8. The van der Waals surface area contributed by atoms with Gasteiger partial charge >= 0.3 is 6.16 Å². The van der Waals surface area contributed by atoms with E-state index < -0.39 is 6.16 Å². The van der Waals surface area contributed by atoms with Crippen LogP contribution in [-0.2, 0) is 9.57 Å². The average molecular weight is 604 g/mol. The molecule has 2 heterocycles. The van der Waals surface area contributed by atoms with Crippen molar-refractivity contribution in [3.63, 3.8) is 0 Å². The van der Waals surface area contributed by atoms with Crippen molar-refractivity contribution in [1.29, 1.82) is 0 Å². The van der Waals surface area contributed by atoms with Gasteiger partial charge in [-0.25, -0.2) is 9.78 Å². The third-order valence-corrected chi connectivity index (χ3v) is 9.30. The summed E-state index contributed by atoms with van der Waals surface area (Å²) < 4.78 is 4.61. The Labute approximate surface area is 255 Å². The molecule has 2 amide bonds. The van der Waals surface area contributed by atoms with Gasteiger partial charge in [0, 0.05) is 49.0 Å². The molecule has 6 rings (SSSR count). The van der Waals surface area contributed by atoms with E-state index in [1.165, 1.54) is 18.4 Å². The van der Waals surface area contributed by atoms with Crippen LogP contribution < -0.4 is 10.6 Å². The van der Waals surface area contributed by atoms with Crippen LogP contribution in [0.3, 0.4) is 0 Å². The van der Waals surface area contributed by atoms with Crippen molar-refractivity contribution in [3.05, 3.63) is 64.0 Å². The Morgan fingerprint density at radius 3 is 2.49 bits per heavy atom. The standard InChI is InChI=1S/C32H37N5O5S/c1-19-7-8-23(29(38)33-24-9-10-24)18-26(19)34-31-35-27(28(43-31)30(39)36(2)25-11-12-25)22-6-4-5-21(17-22)20-13-15-37(16-14-20)42-32(40)41-3/h4-8,17-18,20,24-25H,9-16H2,1-3H3,(H,33,38)(H,34,35). The zero-order valence-corrected chi connectivity index (χ0v) is 25.5. The monoisotopic (exact) mass is 603 g/mol. The van der Waals surface area contributed by atoms with Gasteiger partial charge < -0.3 is 25.1 Å². The number of piperidine rings is 1. The number of hydrogen-bond donors (Lipinski definition) is 2. The first-order valence-electron chi connectivity index (χ1n) is 14.9. The van der Waals surface area contributed by atoms with Gasteiger partial charge in [0.25, 0.3) is 11.8 Å². The minimum atomic E-state index is -0.704. The molecule has 2 saturated carbocycles. The van der Waals surface area contributed by atoms with E-state index in [4.69, 9.17) is 9.82 Å². The Hall–Kier alpha value is -3.96. The maximum Gasteiger partial charge on any atom is 0.527 e. The zero-order valence-electron chi connectivity index (χ0n) is 24.7. The molecule has 3 aliphatic rings. The quantitative estimate of drug-likeness (QED) is 0.292. The lowest BCUT2D eigenvalue weighted by atomic mass is 9.89. The summed E-state index contributed by atoms with van der Waals surface area (Å²) in [6.45, 7) is 3.21. The molecule has 43 heavy (non-hydrogen) atoms. The average Bonchev–Trinajstić information content (AvgIpc) is 3.96. The molecule has 1 aliphatic heterocycles. The Morgan fingerprint density at radius 1 is 1.02 bits per heavy atom. The van der Waals surface area contributed by atoms with Crippen molar-refractivity contribution in [2.24, 2.45) is 0 Å². The predicted octanol–water partition coefficient (Wildman–Crippen LogP) is 5.87. The fourth-order valence-electron chi connectivity index (χ4n) is 5.37. The first-order valence-corrected chi connectivity index (χ1v) is 15.7. The summed E-state index contributed by atoms with van der Waals surface area (Å²) in [5.41, 5.74) is 5.06. The summed E-state index contributed by atoms with van der Waals surface area (Å²) in [6.07, 6.45) is 5.04. The van der Waals surface area contributed by atoms with Gasteiger partial charge in [0.05, 0.1) is 12.8 Å². The van der Waals surface area contributed by atoms with Gasteiger partial charge in [0.2, 0.25) is 0 Å². The predicted molar refractivity (Wildman–Crippen MR) is 165 cm³/mol. The van der Waals surface area contributed by atoms with Crippen molar-refractivity contribution in [2.45, 2.75) is 63.5 Å². The molecule has 0 spiro atoms. The summed E-state index contributed by atoms with van der Waals surface area (Å²) >= 11 is 1.34. The molecule has 0 atom stereocenters. The lowest BCUT2D eigenvalue weighted by molar-refractivity contribution is -0.135. The lowest BCUT2D eigenvalue weighted by Crippen LogP contribution is -2.35. The number of amides is 2. The number of rotatable bonds is 9. The van der Waals surface area contributed by atoms with Gasteiger partial charge in [-0.3, -0.25) is 9.59 Å². The number of aromatic nitrogens is 1. The van der Waals surface area contributed by atoms with Crippen LogP contribution in [0.25, 0.3) is 11.3 Å². The third kappa shape index (κ3) is 6.83. The van der Waals surface area contributed by atoms with E-state index in [1.54, 1.807) is 5.06 Å². The minimum absolute atomic E-state index is 0.0315. The number of anilines is 2. The Kier molecular flexibility index (Phi) is 8.36. The van der Waals surface area contributed by atoms with Crippen molar-refractivity contribution < 1.29 is 24.0 Å². The number of thiazole rings is 1. The molecule has 11 heteroatoms. The van der Waals surface area contributed by atoms with Crippen LogP contribution in [0.5, 0.6) is 0 Å². The molecule has 2 aliphatic carbocycles. The van der Waals surface area contributed by atoms with Crippen molar-refractivity contribution in [1.82, 2.24) is 20.3 Å². The maximum atomic E-state index is 13.7. The number of aryl methyl sites for hydroxylation is 1. The molecule has 10 nitrogen and oxygen atoms in total. The highest BCUT2D eigenvalue weighted by molar-refractivity contribution is 7.18. The molecule has 1 aromatic heterocycles. The smallest absolute Gasteiger partial charge is 0.436 e. The topological polar surface area (TPSA) is 113 Å². The van der Waals surface area contributed by atoms with Crippen LogP contribution >= 0.6 is 11.3 Å². The number of ether oxygens (including phenoxy) is 1. The van der Waals surface area contributed by atoms with Crippen molar-refractivity contribution >= 4 is 40.1 Å². The summed E-state index contributed by atoms with van der Waals surface area (Å²) in [4.78, 5) is 50.5. The molecule has 1 saturated heterocycles. The summed E-state index contributed by atoms with van der Waals surface area (Å²) in [7, 11) is 3.16. The molecule has 2 aromatic carbocycles. The summed E-state index contributed by atoms with van der Waals surface area (Å²) in [5.74, 6) is 0.178. The highest BCUT2D eigenvalue weighted by atomic mass is 32.1. The van der Waals surface area contributed by atoms with E-state index in [9.17, 15) is 14.4 Å². The number of carbonyl (C=O) groups excluding carboxylic acids is 3. The molecular weight excluding hydrogens is 566 g/mol. The van der Waals surface area contributed by atoms with Crippen LogP contribution in [0.1, 0.15) is 75.6 Å². The first kappa shape index (κ1) is 29.1. The van der Waals surface area contributed by atoms with Gasteiger partial charge in [-0.05, 0) is 80.7 Å². The largest absolute Gasteiger partial charge is 0.527 e. The van der Waals surface area contributed by atoms with Gasteiger partial charge in [-0.2, -0.15) is 0 Å². The van der Waals surface area contributed by atoms with Gasteiger partial charge in [-0.15, -0.1) is 5.06 Å². The Bertz CT molecular complexity index is 1520. The third-order valence-electron chi connectivity index (χ3n) is 8.35. The number of methoxy groups -OCH3 is 1. The number of hydroxylamine groups is 2. The fraction of sp³-hybridized carbons (Fsp3) is 0.438. The molecule has 0 radical (unpaired) electrons. The lowest BCUT2D eigenvalue weighted by Gasteiger charge is -2.30. The van der Waals surface area contributed by atoms with Crippen molar-refractivity contribution in [3.8, 4) is 11.3 Å². The SMILES string of the molecule is COC(=O)ON1CCC(c2cccc(-c3nc(Nc4cc(C(=O)NC5CC5)ccc4C)sc3C(=O)N(C)C3CC3)c2)CC1. The van der Waals surface area contributed by atoms with E-state index in [-0.39, 0.29) is 29.8 Å². The van der Waals surface area contributed by atoms with E-state index >= 15 is 0 Å². The van der Waals surface area contributed by atoms with Gasteiger partial charge in [0.15, 0.2) is 5.13 Å². The highest BCUT2D eigenvalue weighted by Crippen LogP contribution is 2.38. The summed E-state index contributed by atoms with van der Waals surface area (Å²) in [6, 6.07) is 14.4. The van der Waals surface area contributed by atoms with Crippen LogP contribution in [0.15, 0.2) is 42.5 Å². The molecule has 3 fully saturated rings. The fourth-order valence-corrected chi connectivity index (χ4v) is 6.36. The zero-order chi connectivity index (χ0) is 30.1. The normalized spacial score (nSPS) is 17.3. The minimum Gasteiger partial charge on any atom is -0.436 e. The Morgan fingerprint density at radius 2 is 1.79 bits per heavy atom. The van der Waals surface area contributed by atoms with Crippen LogP contribution in [0, 0.1) is 6.92 Å². The second-order valence-electron chi connectivity index (χ2n) is 11.6. The molecule has 0 bridgehead atoms. The summed E-state index contributed by atoms with van der Waals surface area (Å²) in [5, 5.41) is 8.69. The number of nitrogens with one attached hydrogen (secondary N) is 2.